The molecule has 0 N–H and O–H groups in total. The van der Waals surface area contributed by atoms with Crippen molar-refractivity contribution in [3.05, 3.63) is 0 Å². The van der Waals surface area contributed by atoms with Crippen molar-refractivity contribution < 1.29 is 23.0 Å². The highest BCUT2D eigenvalue weighted by Crippen LogP contribution is 1.61. The second-order valence-electron chi connectivity index (χ2n) is 0.159. The molecule has 6 heavy (non-hydrogen) atoms. The van der Waals surface area contributed by atoms with E-state index in [4.69, 9.17) is 9.05 Å². The van der Waals surface area contributed by atoms with Crippen LogP contribution in [0.4, 0.5) is 17.8 Å². The van der Waals surface area contributed by atoms with Crippen molar-refractivity contribution in [1.82, 2.24) is 0 Å². The van der Waals surface area contributed by atoms with Gasteiger partial charge in [-0.15, -0.1) is 0 Å². The molecule has 40 valence electrons. The van der Waals surface area contributed by atoms with Gasteiger partial charge in [0.1, 0.15) is 0 Å². The third kappa shape index (κ3) is 258. The molecule has 0 bridgehead atoms. The molecule has 0 atom stereocenters. The Kier molecular flexibility index (Phi) is 34.4. The Morgan fingerprint density at radius 2 is 1.17 bits per heavy atom. The lowest BCUT2D eigenvalue weighted by atomic mass is 11.7. The zero-order valence-electron chi connectivity index (χ0n) is 2.63. The molecule has 0 spiro atoms. The van der Waals surface area contributed by atoms with Crippen molar-refractivity contribution in [3.8, 4) is 0 Å². The SMILES string of the molecule is FCF.FOF. The second kappa shape index (κ2) is 22.5. The smallest absolute Gasteiger partial charge is 0.214 e. The number of rotatable bonds is 0. The third-order valence-electron chi connectivity index (χ3n) is 0. The van der Waals surface area contributed by atoms with Crippen LogP contribution in [0.2, 0.25) is 0 Å². The first-order valence-corrected chi connectivity index (χ1v) is 0.843. The van der Waals surface area contributed by atoms with Crippen molar-refractivity contribution in [2.45, 2.75) is 0 Å². The fourth-order valence-electron chi connectivity index (χ4n) is 0. The van der Waals surface area contributed by atoms with Gasteiger partial charge in [-0.1, -0.05) is 0 Å². The molecule has 0 aliphatic heterocycles. The van der Waals surface area contributed by atoms with Crippen molar-refractivity contribution in [3.63, 3.8) is 0 Å². The molecule has 0 aliphatic carbocycles. The van der Waals surface area contributed by atoms with Crippen molar-refractivity contribution in [2.24, 2.45) is 0 Å². The maximum Gasteiger partial charge on any atom is 0.229 e. The van der Waals surface area contributed by atoms with Gasteiger partial charge in [-0.2, -0.15) is 0 Å². The van der Waals surface area contributed by atoms with E-state index < -0.39 is 6.93 Å². The Morgan fingerprint density at radius 1 is 1.17 bits per heavy atom. The molecule has 1 nitrogen and oxygen atoms in total. The fraction of sp³-hybridized carbons (Fsp3) is 1.00. The van der Waals surface area contributed by atoms with Gasteiger partial charge in [0.25, 0.3) is 0 Å². The molecule has 5 heteroatoms. The van der Waals surface area contributed by atoms with E-state index in [0.29, 0.717) is 0 Å². The van der Waals surface area contributed by atoms with E-state index >= 15 is 0 Å². The summed E-state index contributed by atoms with van der Waals surface area (Å²) < 4.78 is 37.5. The average Bonchev–Trinajstić information content (AvgIpc) is 1.39. The molecule has 0 radical (unpaired) electrons. The highest BCUT2D eigenvalue weighted by molar-refractivity contribution is 3.57. The van der Waals surface area contributed by atoms with Crippen LogP contribution in [-0.4, -0.2) is 6.93 Å². The van der Waals surface area contributed by atoms with Crippen LogP contribution in [0.25, 0.3) is 0 Å². The number of alkyl halides is 2. The van der Waals surface area contributed by atoms with Gasteiger partial charge in [-0.05, 0) is 9.05 Å². The van der Waals surface area contributed by atoms with Gasteiger partial charge >= 0.3 is 0 Å². The third-order valence-corrected chi connectivity index (χ3v) is 0. The predicted octanol–water partition coefficient (Wildman–Crippen LogP) is 1.65. The minimum absolute atomic E-state index is 1.25. The normalized spacial score (nSPS) is 6.00. The molecule has 0 saturated carbocycles. The zero-order valence-corrected chi connectivity index (χ0v) is 2.63. The number of hydrogen-bond donors (Lipinski definition) is 0. The Morgan fingerprint density at radius 3 is 1.17 bits per heavy atom. The maximum atomic E-state index is 9.62. The van der Waals surface area contributed by atoms with Crippen molar-refractivity contribution >= 4 is 0 Å². The van der Waals surface area contributed by atoms with E-state index in [9.17, 15) is 8.78 Å². The number of halogens is 4. The summed E-state index contributed by atoms with van der Waals surface area (Å²) in [6.07, 6.45) is 0. The summed E-state index contributed by atoms with van der Waals surface area (Å²) in [6, 6.07) is 0. The van der Waals surface area contributed by atoms with Gasteiger partial charge < -0.3 is 0 Å². The standard InChI is InChI=1S/CH2F2.F2O/c2-1-3;1-3-2/h1H2;. The topological polar surface area (TPSA) is 9.23 Å². The summed E-state index contributed by atoms with van der Waals surface area (Å²) in [4.78, 5) is 0. The lowest BCUT2D eigenvalue weighted by Gasteiger charge is -1.42. The first kappa shape index (κ1) is 9.19. The summed E-state index contributed by atoms with van der Waals surface area (Å²) in [7, 11) is 0. The van der Waals surface area contributed by atoms with E-state index in [1.807, 2.05) is 0 Å². The highest BCUT2D eigenvalue weighted by Gasteiger charge is 1.44. The molecular weight excluding hydrogens is 104 g/mol. The van der Waals surface area contributed by atoms with Gasteiger partial charge in [0.15, 0.2) is 0 Å². The average molecular weight is 106 g/mol. The molecule has 0 aliphatic rings. The van der Waals surface area contributed by atoms with E-state index in [0.717, 1.165) is 0 Å². The first-order valence-electron chi connectivity index (χ1n) is 0.843. The molecule has 0 amide bonds. The monoisotopic (exact) mass is 106 g/mol. The summed E-state index contributed by atoms with van der Waals surface area (Å²) in [5.41, 5.74) is 0. The van der Waals surface area contributed by atoms with Gasteiger partial charge in [0, 0.05) is 5.15 Å². The van der Waals surface area contributed by atoms with Gasteiger partial charge in [-0.3, -0.25) is 0 Å². The Hall–Kier alpha value is -0.320. The highest BCUT2D eigenvalue weighted by atomic mass is 19.6. The minimum atomic E-state index is -1.75. The van der Waals surface area contributed by atoms with E-state index in [1.54, 1.807) is 0 Å². The molecular formula is CH2F4O. The molecule has 0 unspecified atom stereocenters. The lowest BCUT2D eigenvalue weighted by molar-refractivity contribution is -0.317. The van der Waals surface area contributed by atoms with Crippen molar-refractivity contribution in [2.75, 3.05) is 6.93 Å². The van der Waals surface area contributed by atoms with Crippen LogP contribution < -0.4 is 0 Å². The number of hydrogen-bond acceptors (Lipinski definition) is 1. The van der Waals surface area contributed by atoms with Gasteiger partial charge in [0.2, 0.25) is 6.93 Å². The quantitative estimate of drug-likeness (QED) is 0.426. The zero-order chi connectivity index (χ0) is 5.41. The van der Waals surface area contributed by atoms with Crippen molar-refractivity contribution in [1.29, 1.82) is 0 Å². The largest absolute Gasteiger partial charge is 0.229 e. The van der Waals surface area contributed by atoms with Gasteiger partial charge in [0.05, 0.1) is 0 Å². The summed E-state index contributed by atoms with van der Waals surface area (Å²) in [5.74, 6) is 0. The van der Waals surface area contributed by atoms with Crippen LogP contribution in [0.15, 0.2) is 0 Å². The van der Waals surface area contributed by atoms with Gasteiger partial charge in [-0.25, -0.2) is 8.78 Å². The molecule has 0 aromatic heterocycles. The van der Waals surface area contributed by atoms with Crippen LogP contribution in [0.3, 0.4) is 0 Å². The first-order chi connectivity index (χ1) is 2.83. The van der Waals surface area contributed by atoms with E-state index in [-0.39, 0.29) is 0 Å². The van der Waals surface area contributed by atoms with Crippen LogP contribution in [0.1, 0.15) is 0 Å². The molecule has 0 saturated heterocycles. The van der Waals surface area contributed by atoms with Crippen LogP contribution in [-0.2, 0) is 5.15 Å². The second-order valence-corrected chi connectivity index (χ2v) is 0.159. The molecule has 0 aromatic rings. The fourth-order valence-corrected chi connectivity index (χ4v) is 0. The van der Waals surface area contributed by atoms with Crippen LogP contribution in [0, 0.1) is 0 Å². The van der Waals surface area contributed by atoms with Crippen LogP contribution in [0.5, 0.6) is 0 Å². The maximum absolute atomic E-state index is 9.62. The Balaban J connectivity index is 0. The molecule has 0 heterocycles. The summed E-state index contributed by atoms with van der Waals surface area (Å²) >= 11 is 0. The Bertz CT molecular complexity index is 9.51. The summed E-state index contributed by atoms with van der Waals surface area (Å²) in [6.45, 7) is -1.75. The van der Waals surface area contributed by atoms with Crippen LogP contribution >= 0.6 is 0 Å². The molecule has 0 rings (SSSR count). The predicted molar refractivity (Wildman–Crippen MR) is 10.4 cm³/mol. The van der Waals surface area contributed by atoms with E-state index in [1.165, 1.54) is 5.15 Å². The minimum Gasteiger partial charge on any atom is -0.214 e. The lowest BCUT2D eigenvalue weighted by Crippen LogP contribution is -1.34. The molecule has 0 aromatic carbocycles. The molecule has 0 fully saturated rings. The van der Waals surface area contributed by atoms with E-state index in [2.05, 4.69) is 0 Å². The Labute approximate surface area is 31.3 Å². The summed E-state index contributed by atoms with van der Waals surface area (Å²) in [5, 5.41) is 1.25.